The minimum atomic E-state index is -0.157. The first-order valence-electron chi connectivity index (χ1n) is 7.12. The van der Waals surface area contributed by atoms with Crippen molar-refractivity contribution < 1.29 is 4.79 Å². The van der Waals surface area contributed by atoms with Gasteiger partial charge in [-0.3, -0.25) is 4.79 Å². The summed E-state index contributed by atoms with van der Waals surface area (Å²) in [6.45, 7) is 6.06. The molecule has 1 aliphatic rings. The van der Waals surface area contributed by atoms with E-state index in [1.54, 1.807) is 18.2 Å². The van der Waals surface area contributed by atoms with Crippen LogP contribution in [0.4, 0.5) is 5.69 Å². The fourth-order valence-corrected chi connectivity index (χ4v) is 2.62. The summed E-state index contributed by atoms with van der Waals surface area (Å²) < 4.78 is 0. The van der Waals surface area contributed by atoms with Crippen molar-refractivity contribution in [2.24, 2.45) is 5.92 Å². The summed E-state index contributed by atoms with van der Waals surface area (Å²) in [5.41, 5.74) is 6.60. The summed E-state index contributed by atoms with van der Waals surface area (Å²) in [6, 6.07) is 5.11. The van der Waals surface area contributed by atoms with Crippen molar-refractivity contribution in [2.75, 3.05) is 31.9 Å². The number of carbonyl (C=O) groups excluding carboxylic acids is 1. The highest BCUT2D eigenvalue weighted by atomic mass is 35.5. The Bertz CT molecular complexity index is 470. The number of hydrogen-bond acceptors (Lipinski definition) is 3. The van der Waals surface area contributed by atoms with Crippen molar-refractivity contribution in [1.82, 2.24) is 10.2 Å². The number of nitrogen functional groups attached to an aromatic ring is 1. The van der Waals surface area contributed by atoms with Crippen LogP contribution in [0.25, 0.3) is 0 Å². The van der Waals surface area contributed by atoms with Gasteiger partial charge in [0.05, 0.1) is 16.3 Å². The number of rotatable bonds is 4. The Balaban J connectivity index is 1.79. The maximum absolute atomic E-state index is 12.0. The van der Waals surface area contributed by atoms with Gasteiger partial charge in [0.1, 0.15) is 0 Å². The van der Waals surface area contributed by atoms with Crippen molar-refractivity contribution in [3.8, 4) is 0 Å². The van der Waals surface area contributed by atoms with Crippen LogP contribution >= 0.6 is 11.6 Å². The Kier molecular flexibility index (Phi) is 5.26. The van der Waals surface area contributed by atoms with Gasteiger partial charge < -0.3 is 16.0 Å². The number of halogens is 1. The molecule has 1 heterocycles. The van der Waals surface area contributed by atoms with E-state index in [-0.39, 0.29) is 5.91 Å². The molecule has 5 heteroatoms. The van der Waals surface area contributed by atoms with Crippen LogP contribution in [0, 0.1) is 5.92 Å². The number of piperidine rings is 1. The molecule has 0 spiro atoms. The smallest absolute Gasteiger partial charge is 0.253 e. The molecule has 0 aliphatic carbocycles. The van der Waals surface area contributed by atoms with Crippen molar-refractivity contribution in [2.45, 2.75) is 19.8 Å². The predicted octanol–water partition coefficient (Wildman–Crippen LogP) is 2.38. The van der Waals surface area contributed by atoms with Crippen LogP contribution in [0.2, 0.25) is 5.02 Å². The second kappa shape index (κ2) is 6.95. The Morgan fingerprint density at radius 3 is 2.85 bits per heavy atom. The highest BCUT2D eigenvalue weighted by Crippen LogP contribution is 2.22. The average molecular weight is 296 g/mol. The second-order valence-electron chi connectivity index (χ2n) is 5.48. The van der Waals surface area contributed by atoms with E-state index < -0.39 is 0 Å². The standard InChI is InChI=1S/C15H22ClN3O/c1-11-5-8-19(9-6-11)10-7-18-15(20)12-3-2-4-13(16)14(12)17/h2-4,11H,5-10,17H2,1H3,(H,18,20). The Hall–Kier alpha value is -1.26. The average Bonchev–Trinajstić information content (AvgIpc) is 2.44. The molecule has 1 aromatic rings. The normalized spacial score (nSPS) is 17.1. The number of likely N-dealkylation sites (tertiary alicyclic amines) is 1. The monoisotopic (exact) mass is 295 g/mol. The van der Waals surface area contributed by atoms with Gasteiger partial charge in [0.15, 0.2) is 0 Å². The molecule has 1 saturated heterocycles. The first-order valence-corrected chi connectivity index (χ1v) is 7.50. The molecule has 0 aromatic heterocycles. The first-order chi connectivity index (χ1) is 9.58. The van der Waals surface area contributed by atoms with Crippen LogP contribution in [0.3, 0.4) is 0 Å². The van der Waals surface area contributed by atoms with Crippen LogP contribution in [-0.2, 0) is 0 Å². The maximum Gasteiger partial charge on any atom is 0.253 e. The van der Waals surface area contributed by atoms with Crippen LogP contribution in [-0.4, -0.2) is 37.0 Å². The molecule has 2 rings (SSSR count). The third-order valence-corrected chi connectivity index (χ3v) is 4.22. The van der Waals surface area contributed by atoms with E-state index in [0.717, 1.165) is 25.6 Å². The molecule has 1 aliphatic heterocycles. The summed E-state index contributed by atoms with van der Waals surface area (Å²) in [7, 11) is 0. The summed E-state index contributed by atoms with van der Waals surface area (Å²) in [6.07, 6.45) is 2.49. The minimum absolute atomic E-state index is 0.157. The van der Waals surface area contributed by atoms with E-state index in [1.165, 1.54) is 12.8 Å². The number of nitrogens with one attached hydrogen (secondary N) is 1. The van der Waals surface area contributed by atoms with E-state index in [0.29, 0.717) is 22.8 Å². The molecule has 1 fully saturated rings. The summed E-state index contributed by atoms with van der Waals surface area (Å²) in [4.78, 5) is 14.4. The molecule has 0 saturated carbocycles. The lowest BCUT2D eigenvalue weighted by Crippen LogP contribution is -2.39. The van der Waals surface area contributed by atoms with Crippen molar-refractivity contribution >= 4 is 23.2 Å². The topological polar surface area (TPSA) is 58.4 Å². The van der Waals surface area contributed by atoms with Gasteiger partial charge in [0.2, 0.25) is 0 Å². The van der Waals surface area contributed by atoms with Gasteiger partial charge in [-0.1, -0.05) is 24.6 Å². The Morgan fingerprint density at radius 1 is 1.45 bits per heavy atom. The molecule has 4 nitrogen and oxygen atoms in total. The van der Waals surface area contributed by atoms with Gasteiger partial charge in [-0.15, -0.1) is 0 Å². The highest BCUT2D eigenvalue weighted by Gasteiger charge is 2.16. The molecule has 0 bridgehead atoms. The number of amides is 1. The molecule has 1 amide bonds. The summed E-state index contributed by atoms with van der Waals surface area (Å²) >= 11 is 5.91. The van der Waals surface area contributed by atoms with Crippen molar-refractivity contribution in [1.29, 1.82) is 0 Å². The lowest BCUT2D eigenvalue weighted by atomic mass is 9.99. The quantitative estimate of drug-likeness (QED) is 0.839. The zero-order chi connectivity index (χ0) is 14.5. The fraction of sp³-hybridized carbons (Fsp3) is 0.533. The second-order valence-corrected chi connectivity index (χ2v) is 5.89. The summed E-state index contributed by atoms with van der Waals surface area (Å²) in [5.74, 6) is 0.669. The van der Waals surface area contributed by atoms with Crippen LogP contribution in [0.15, 0.2) is 18.2 Å². The highest BCUT2D eigenvalue weighted by molar-refractivity contribution is 6.33. The SMILES string of the molecule is CC1CCN(CCNC(=O)c2cccc(Cl)c2N)CC1. The van der Waals surface area contributed by atoms with Crippen LogP contribution in [0.1, 0.15) is 30.1 Å². The van der Waals surface area contributed by atoms with Crippen molar-refractivity contribution in [3.05, 3.63) is 28.8 Å². The van der Waals surface area contributed by atoms with E-state index in [9.17, 15) is 4.79 Å². The number of anilines is 1. The van der Waals surface area contributed by atoms with Gasteiger partial charge >= 0.3 is 0 Å². The van der Waals surface area contributed by atoms with Gasteiger partial charge in [-0.2, -0.15) is 0 Å². The van der Waals surface area contributed by atoms with Gasteiger partial charge in [0.25, 0.3) is 5.91 Å². The predicted molar refractivity (Wildman–Crippen MR) is 83.0 cm³/mol. The third kappa shape index (κ3) is 3.87. The molecular formula is C15H22ClN3O. The fourth-order valence-electron chi connectivity index (χ4n) is 2.44. The molecule has 20 heavy (non-hydrogen) atoms. The molecule has 0 atom stereocenters. The number of nitrogens with two attached hydrogens (primary N) is 1. The first kappa shape index (κ1) is 15.1. The van der Waals surface area contributed by atoms with E-state index in [4.69, 9.17) is 17.3 Å². The maximum atomic E-state index is 12.0. The third-order valence-electron chi connectivity index (χ3n) is 3.89. The number of hydrogen-bond donors (Lipinski definition) is 2. The van der Waals surface area contributed by atoms with Gasteiger partial charge in [-0.05, 0) is 44.0 Å². The number of carbonyl (C=O) groups is 1. The minimum Gasteiger partial charge on any atom is -0.397 e. The van der Waals surface area contributed by atoms with E-state index >= 15 is 0 Å². The largest absolute Gasteiger partial charge is 0.397 e. The number of benzene rings is 1. The number of nitrogens with zero attached hydrogens (tertiary/aromatic N) is 1. The molecule has 0 radical (unpaired) electrons. The molecular weight excluding hydrogens is 274 g/mol. The molecule has 0 unspecified atom stereocenters. The van der Waals surface area contributed by atoms with Gasteiger partial charge in [0, 0.05) is 13.1 Å². The molecule has 110 valence electrons. The zero-order valence-corrected chi connectivity index (χ0v) is 12.6. The van der Waals surface area contributed by atoms with Crippen LogP contribution in [0.5, 0.6) is 0 Å². The number of para-hydroxylation sites is 1. The molecule has 1 aromatic carbocycles. The Morgan fingerprint density at radius 2 is 2.15 bits per heavy atom. The lowest BCUT2D eigenvalue weighted by Gasteiger charge is -2.30. The molecule has 3 N–H and O–H groups in total. The Labute approximate surface area is 125 Å². The van der Waals surface area contributed by atoms with E-state index in [2.05, 4.69) is 17.1 Å². The lowest BCUT2D eigenvalue weighted by molar-refractivity contribution is 0.0945. The van der Waals surface area contributed by atoms with E-state index in [1.807, 2.05) is 0 Å². The van der Waals surface area contributed by atoms with Crippen LogP contribution < -0.4 is 11.1 Å². The zero-order valence-electron chi connectivity index (χ0n) is 11.9. The van der Waals surface area contributed by atoms with Crippen molar-refractivity contribution in [3.63, 3.8) is 0 Å². The van der Waals surface area contributed by atoms with Gasteiger partial charge in [-0.25, -0.2) is 0 Å². The summed E-state index contributed by atoms with van der Waals surface area (Å²) in [5, 5.41) is 3.33.